The van der Waals surface area contributed by atoms with Crippen molar-refractivity contribution in [3.05, 3.63) is 24.2 Å². The number of cyclic esters (lactones) is 1. The zero-order valence-corrected chi connectivity index (χ0v) is 15.9. The van der Waals surface area contributed by atoms with Crippen LogP contribution in [0.3, 0.4) is 0 Å². The molecule has 7 nitrogen and oxygen atoms in total. The average molecular weight is 380 g/mol. The Morgan fingerprint density at radius 2 is 1.89 bits per heavy atom. The number of hydrogen-bond donors (Lipinski definition) is 4. The fourth-order valence-corrected chi connectivity index (χ4v) is 6.09. The first-order valence-electron chi connectivity index (χ1n) is 9.55. The van der Waals surface area contributed by atoms with Gasteiger partial charge in [0, 0.05) is 23.3 Å². The molecular weight excluding hydrogens is 352 g/mol. The van der Waals surface area contributed by atoms with Gasteiger partial charge in [-0.15, -0.1) is 0 Å². The molecule has 1 spiro atoms. The van der Waals surface area contributed by atoms with Gasteiger partial charge in [-0.05, 0) is 32.3 Å². The first kappa shape index (κ1) is 18.9. The molecule has 0 aromatic carbocycles. The Morgan fingerprint density at radius 1 is 1.19 bits per heavy atom. The molecule has 2 aliphatic carbocycles. The fourth-order valence-electron chi connectivity index (χ4n) is 6.09. The second-order valence-corrected chi connectivity index (χ2v) is 9.08. The second-order valence-electron chi connectivity index (χ2n) is 9.08. The van der Waals surface area contributed by atoms with Gasteiger partial charge in [-0.2, -0.15) is 0 Å². The lowest BCUT2D eigenvalue weighted by Crippen LogP contribution is -2.78. The van der Waals surface area contributed by atoms with Crippen LogP contribution in [0, 0.1) is 16.7 Å². The molecule has 8 atom stereocenters. The van der Waals surface area contributed by atoms with E-state index in [1.54, 1.807) is 19.9 Å². The molecule has 4 N–H and O–H groups in total. The van der Waals surface area contributed by atoms with Gasteiger partial charge in [-0.25, -0.2) is 0 Å². The van der Waals surface area contributed by atoms with E-state index in [-0.39, 0.29) is 25.7 Å². The van der Waals surface area contributed by atoms with Crippen molar-refractivity contribution in [3.63, 3.8) is 0 Å². The van der Waals surface area contributed by atoms with Crippen LogP contribution in [0.25, 0.3) is 0 Å². The van der Waals surface area contributed by atoms with Crippen LogP contribution in [0.15, 0.2) is 23.0 Å². The molecule has 0 bridgehead atoms. The first-order valence-corrected chi connectivity index (χ1v) is 9.55. The van der Waals surface area contributed by atoms with Gasteiger partial charge in [0.2, 0.25) is 0 Å². The Hall–Kier alpha value is -1.41. The van der Waals surface area contributed by atoms with Crippen molar-refractivity contribution in [3.8, 4) is 0 Å². The van der Waals surface area contributed by atoms with Gasteiger partial charge in [0.05, 0.1) is 35.9 Å². The van der Waals surface area contributed by atoms with Crippen LogP contribution in [0.4, 0.5) is 0 Å². The number of furan rings is 1. The Balaban J connectivity index is 1.87. The van der Waals surface area contributed by atoms with Crippen molar-refractivity contribution in [2.24, 2.45) is 16.7 Å². The van der Waals surface area contributed by atoms with Crippen LogP contribution >= 0.6 is 0 Å². The summed E-state index contributed by atoms with van der Waals surface area (Å²) < 4.78 is 10.8. The lowest BCUT2D eigenvalue weighted by atomic mass is 9.39. The van der Waals surface area contributed by atoms with E-state index in [9.17, 15) is 25.2 Å². The van der Waals surface area contributed by atoms with Crippen molar-refractivity contribution in [1.82, 2.24) is 0 Å². The normalized spacial score (nSPS) is 52.6. The maximum atomic E-state index is 13.2. The molecular formula is C20H28O7. The van der Waals surface area contributed by atoms with E-state index in [2.05, 4.69) is 0 Å². The van der Waals surface area contributed by atoms with E-state index in [1.165, 1.54) is 19.5 Å². The molecule has 0 radical (unpaired) electrons. The van der Waals surface area contributed by atoms with Crippen molar-refractivity contribution in [1.29, 1.82) is 0 Å². The van der Waals surface area contributed by atoms with Crippen LogP contribution in [0.1, 0.15) is 58.1 Å². The fraction of sp³-hybridized carbons (Fsp3) is 0.750. The van der Waals surface area contributed by atoms with Gasteiger partial charge < -0.3 is 29.6 Å². The van der Waals surface area contributed by atoms with Crippen molar-refractivity contribution < 1.29 is 34.4 Å². The number of hydrogen-bond acceptors (Lipinski definition) is 7. The quantitative estimate of drug-likeness (QED) is 0.542. The summed E-state index contributed by atoms with van der Waals surface area (Å²) in [7, 11) is 0. The van der Waals surface area contributed by atoms with E-state index in [4.69, 9.17) is 9.15 Å². The molecule has 0 unspecified atom stereocenters. The molecule has 1 saturated heterocycles. The number of esters is 1. The maximum Gasteiger partial charge on any atom is 0.316 e. The molecule has 0 amide bonds. The van der Waals surface area contributed by atoms with Gasteiger partial charge in [0.25, 0.3) is 0 Å². The van der Waals surface area contributed by atoms with Gasteiger partial charge in [-0.1, -0.05) is 13.8 Å². The molecule has 1 aromatic rings. The molecule has 2 saturated carbocycles. The molecule has 3 fully saturated rings. The van der Waals surface area contributed by atoms with Gasteiger partial charge in [0.15, 0.2) is 0 Å². The van der Waals surface area contributed by atoms with Crippen LogP contribution in [0.5, 0.6) is 0 Å². The SMILES string of the molecule is C[C@@H]1[C@@H](O)C[C@@]2(C)[C@](O)(CC[C@H](O)[C@@]2(C)O)[C@@]12C[C@H](c1ccoc1)OC2=O. The van der Waals surface area contributed by atoms with E-state index >= 15 is 0 Å². The van der Waals surface area contributed by atoms with Gasteiger partial charge >= 0.3 is 5.97 Å². The lowest BCUT2D eigenvalue weighted by Gasteiger charge is -2.67. The number of carbonyl (C=O) groups is 1. The van der Waals surface area contributed by atoms with Crippen molar-refractivity contribution >= 4 is 5.97 Å². The van der Waals surface area contributed by atoms with Crippen LogP contribution < -0.4 is 0 Å². The van der Waals surface area contributed by atoms with Crippen molar-refractivity contribution in [2.75, 3.05) is 0 Å². The zero-order valence-electron chi connectivity index (χ0n) is 15.9. The third-order valence-corrected chi connectivity index (χ3v) is 8.20. The highest BCUT2D eigenvalue weighted by Crippen LogP contribution is 2.69. The number of aliphatic hydroxyl groups excluding tert-OH is 2. The standard InChI is InChI=1S/C20H28O7/c1-11-13(21)8-17(2)18(3,24)15(22)4-6-20(17,25)19(11)9-14(27-16(19)23)12-5-7-26-10-12/h5,7,10-11,13-15,21-22,24-25H,4,6,8-9H2,1-3H3/t11-,13+,14-,15+,17-,18-,19+,20-/m1/s1. The summed E-state index contributed by atoms with van der Waals surface area (Å²) in [5, 5.41) is 44.5. The third-order valence-electron chi connectivity index (χ3n) is 8.20. The Morgan fingerprint density at radius 3 is 2.52 bits per heavy atom. The highest BCUT2D eigenvalue weighted by molar-refractivity contribution is 5.82. The Kier molecular flexibility index (Phi) is 3.90. The smallest absolute Gasteiger partial charge is 0.316 e. The van der Waals surface area contributed by atoms with E-state index in [0.717, 1.165) is 0 Å². The molecule has 27 heavy (non-hydrogen) atoms. The van der Waals surface area contributed by atoms with Crippen molar-refractivity contribution in [2.45, 2.75) is 76.0 Å². The molecule has 1 aliphatic heterocycles. The topological polar surface area (TPSA) is 120 Å². The van der Waals surface area contributed by atoms with Gasteiger partial charge in [0.1, 0.15) is 11.5 Å². The summed E-state index contributed by atoms with van der Waals surface area (Å²) in [6.45, 7) is 4.89. The number of fused-ring (bicyclic) bond motifs is 2. The van der Waals surface area contributed by atoms with E-state index < -0.39 is 52.2 Å². The molecule has 4 rings (SSSR count). The predicted molar refractivity (Wildman–Crippen MR) is 93.3 cm³/mol. The average Bonchev–Trinajstić information content (AvgIpc) is 3.24. The summed E-state index contributed by atoms with van der Waals surface area (Å²) in [5.74, 6) is -1.13. The summed E-state index contributed by atoms with van der Waals surface area (Å²) in [6, 6.07) is 1.71. The monoisotopic (exact) mass is 380 g/mol. The molecule has 1 aromatic heterocycles. The predicted octanol–water partition coefficient (Wildman–Crippen LogP) is 1.30. The summed E-state index contributed by atoms with van der Waals surface area (Å²) in [4.78, 5) is 13.2. The highest BCUT2D eigenvalue weighted by atomic mass is 16.6. The van der Waals surface area contributed by atoms with Gasteiger partial charge in [-0.3, -0.25) is 4.79 Å². The molecule has 7 heteroatoms. The number of carbonyl (C=O) groups excluding carboxylic acids is 1. The summed E-state index contributed by atoms with van der Waals surface area (Å²) in [5.41, 5.74) is -5.27. The second kappa shape index (κ2) is 5.56. The minimum Gasteiger partial charge on any atom is -0.472 e. The molecule has 3 aliphatic rings. The van der Waals surface area contributed by atoms with Crippen LogP contribution in [-0.4, -0.2) is 49.8 Å². The third kappa shape index (κ3) is 2.03. The largest absolute Gasteiger partial charge is 0.472 e. The van der Waals surface area contributed by atoms with Crippen LogP contribution in [-0.2, 0) is 9.53 Å². The van der Waals surface area contributed by atoms with E-state index in [0.29, 0.717) is 5.56 Å². The van der Waals surface area contributed by atoms with E-state index in [1.807, 2.05) is 0 Å². The number of ether oxygens (including phenoxy) is 1. The Bertz CT molecular complexity index is 744. The molecule has 2 heterocycles. The number of aliphatic hydroxyl groups is 4. The highest BCUT2D eigenvalue weighted by Gasteiger charge is 2.78. The summed E-state index contributed by atoms with van der Waals surface area (Å²) >= 11 is 0. The summed E-state index contributed by atoms with van der Waals surface area (Å²) in [6.07, 6.45) is 0.999. The zero-order chi connectivity index (χ0) is 19.8. The first-order chi connectivity index (χ1) is 12.5. The number of rotatable bonds is 1. The maximum absolute atomic E-state index is 13.2. The Labute approximate surface area is 157 Å². The molecule has 150 valence electrons. The minimum atomic E-state index is -1.66. The van der Waals surface area contributed by atoms with Crippen LogP contribution in [0.2, 0.25) is 0 Å². The lowest BCUT2D eigenvalue weighted by molar-refractivity contribution is -0.321. The minimum absolute atomic E-state index is 0.0835.